The second kappa shape index (κ2) is 6.11. The number of hydrogen-bond acceptors (Lipinski definition) is 4. The highest BCUT2D eigenvalue weighted by molar-refractivity contribution is 5.75. The van der Waals surface area contributed by atoms with Gasteiger partial charge in [-0.25, -0.2) is 4.98 Å². The smallest absolute Gasteiger partial charge is 0.142 e. The predicted octanol–water partition coefficient (Wildman–Crippen LogP) is 2.57. The molecule has 0 saturated carbocycles. The third-order valence-electron chi connectivity index (χ3n) is 3.99. The van der Waals surface area contributed by atoms with Crippen LogP contribution < -0.4 is 4.74 Å². The minimum absolute atomic E-state index is 0.310. The van der Waals surface area contributed by atoms with Crippen molar-refractivity contribution in [2.75, 3.05) is 13.7 Å². The molecule has 0 aliphatic heterocycles. The van der Waals surface area contributed by atoms with Gasteiger partial charge in [-0.05, 0) is 29.8 Å². The van der Waals surface area contributed by atoms with E-state index in [0.29, 0.717) is 12.2 Å². The lowest BCUT2D eigenvalue weighted by molar-refractivity contribution is 0.223. The number of para-hydroxylation sites is 2. The molecule has 1 heterocycles. The Balaban J connectivity index is 1.99. The minimum Gasteiger partial charge on any atom is -0.497 e. The minimum atomic E-state index is -1.10. The van der Waals surface area contributed by atoms with Gasteiger partial charge < -0.3 is 14.8 Å². The average molecular weight is 307 g/mol. The van der Waals surface area contributed by atoms with E-state index in [1.54, 1.807) is 7.11 Å². The summed E-state index contributed by atoms with van der Waals surface area (Å²) in [4.78, 5) is 7.66. The first-order chi connectivity index (χ1) is 11.2. The van der Waals surface area contributed by atoms with Crippen LogP contribution in [-0.2, 0) is 11.8 Å². The number of aromatic nitrogens is 2. The molecule has 0 saturated heterocycles. The number of hydrogen-bond donors (Lipinski definition) is 2. The van der Waals surface area contributed by atoms with E-state index in [-0.39, 0.29) is 6.61 Å². The summed E-state index contributed by atoms with van der Waals surface area (Å²) in [5.74, 6) is 1.24. The van der Waals surface area contributed by atoms with Gasteiger partial charge in [-0.15, -0.1) is 0 Å². The number of ether oxygens (including phenoxy) is 1. The van der Waals surface area contributed by atoms with Crippen molar-refractivity contribution >= 4 is 11.0 Å². The van der Waals surface area contributed by atoms with E-state index >= 15 is 0 Å². The summed E-state index contributed by atoms with van der Waals surface area (Å²) in [5.41, 5.74) is 1.46. The Morgan fingerprint density at radius 2 is 1.96 bits per heavy atom. The van der Waals surface area contributed by atoms with Crippen molar-refractivity contribution in [3.63, 3.8) is 0 Å². The molecule has 0 aliphatic rings. The molecule has 0 spiro atoms. The number of nitrogens with one attached hydrogen (secondary N) is 1. The van der Waals surface area contributed by atoms with Gasteiger partial charge in [0.1, 0.15) is 17.0 Å². The molecule has 2 N–H and O–H groups in total. The fourth-order valence-corrected chi connectivity index (χ4v) is 2.61. The van der Waals surface area contributed by atoms with Crippen molar-refractivity contribution in [1.82, 2.24) is 9.97 Å². The Bertz CT molecular complexity index is 816. The molecule has 0 fully saturated rings. The van der Waals surface area contributed by atoms with Crippen molar-refractivity contribution in [2.24, 2.45) is 0 Å². The van der Waals surface area contributed by atoms with Crippen molar-refractivity contribution in [1.29, 1.82) is 5.26 Å². The lowest BCUT2D eigenvalue weighted by atomic mass is 9.83. The Labute approximate surface area is 134 Å². The highest BCUT2D eigenvalue weighted by Crippen LogP contribution is 2.28. The molecule has 5 nitrogen and oxygen atoms in total. The fourth-order valence-electron chi connectivity index (χ4n) is 2.61. The van der Waals surface area contributed by atoms with Gasteiger partial charge in [0.25, 0.3) is 0 Å². The fraction of sp³-hybridized carbons (Fsp3) is 0.222. The number of nitrogens with zero attached hydrogens (tertiary/aromatic N) is 2. The van der Waals surface area contributed by atoms with Crippen LogP contribution in [0, 0.1) is 11.3 Å². The molecule has 0 bridgehead atoms. The van der Waals surface area contributed by atoms with E-state index < -0.39 is 5.41 Å². The number of methoxy groups -OCH3 is 1. The molecule has 23 heavy (non-hydrogen) atoms. The number of H-pyrrole nitrogens is 1. The first kappa shape index (κ1) is 15.1. The zero-order chi connectivity index (χ0) is 16.3. The number of aliphatic hydroxyl groups is 1. The summed E-state index contributed by atoms with van der Waals surface area (Å²) in [6.07, 6.45) is 0.365. The third kappa shape index (κ3) is 2.77. The first-order valence-electron chi connectivity index (χ1n) is 7.31. The number of aliphatic hydroxyl groups excluding tert-OH is 1. The average Bonchev–Trinajstić information content (AvgIpc) is 3.05. The van der Waals surface area contributed by atoms with Crippen molar-refractivity contribution in [3.8, 4) is 11.8 Å². The molecule has 1 atom stereocenters. The Hall–Kier alpha value is -2.84. The maximum atomic E-state index is 9.91. The molecular weight excluding hydrogens is 290 g/mol. The molecule has 0 unspecified atom stereocenters. The van der Waals surface area contributed by atoms with Crippen LogP contribution in [0.5, 0.6) is 5.75 Å². The van der Waals surface area contributed by atoms with Crippen LogP contribution in [0.4, 0.5) is 0 Å². The summed E-state index contributed by atoms with van der Waals surface area (Å²) in [6, 6.07) is 17.3. The van der Waals surface area contributed by atoms with Crippen LogP contribution in [0.15, 0.2) is 48.5 Å². The lowest BCUT2D eigenvalue weighted by Gasteiger charge is -2.22. The zero-order valence-corrected chi connectivity index (χ0v) is 12.8. The van der Waals surface area contributed by atoms with Crippen molar-refractivity contribution < 1.29 is 9.84 Å². The Morgan fingerprint density at radius 1 is 1.22 bits per heavy atom. The van der Waals surface area contributed by atoms with E-state index in [4.69, 9.17) is 4.74 Å². The molecule has 116 valence electrons. The van der Waals surface area contributed by atoms with Crippen LogP contribution in [0.1, 0.15) is 11.4 Å². The van der Waals surface area contributed by atoms with E-state index in [1.807, 2.05) is 48.5 Å². The molecule has 0 amide bonds. The second-order valence-corrected chi connectivity index (χ2v) is 5.48. The maximum Gasteiger partial charge on any atom is 0.142 e. The Morgan fingerprint density at radius 3 is 2.57 bits per heavy atom. The van der Waals surface area contributed by atoms with Gasteiger partial charge in [0.05, 0.1) is 30.8 Å². The first-order valence-corrected chi connectivity index (χ1v) is 7.31. The predicted molar refractivity (Wildman–Crippen MR) is 87.2 cm³/mol. The van der Waals surface area contributed by atoms with Crippen LogP contribution in [0.3, 0.4) is 0 Å². The standard InChI is InChI=1S/C18H17N3O2/c1-23-14-8-6-13(7-9-14)10-18(11-19,12-22)17-20-15-4-2-3-5-16(15)21-17/h2-9,22H,10,12H2,1H3,(H,20,21)/t18-/m1/s1. The maximum absolute atomic E-state index is 9.91. The topological polar surface area (TPSA) is 81.9 Å². The quantitative estimate of drug-likeness (QED) is 0.759. The normalized spacial score (nSPS) is 13.4. The van der Waals surface area contributed by atoms with E-state index in [2.05, 4.69) is 16.0 Å². The van der Waals surface area contributed by atoms with Gasteiger partial charge in [0, 0.05) is 6.42 Å². The zero-order valence-electron chi connectivity index (χ0n) is 12.8. The van der Waals surface area contributed by atoms with Gasteiger partial charge in [0.15, 0.2) is 0 Å². The van der Waals surface area contributed by atoms with Gasteiger partial charge in [-0.2, -0.15) is 5.26 Å². The number of rotatable bonds is 5. The summed E-state index contributed by atoms with van der Waals surface area (Å²) >= 11 is 0. The van der Waals surface area contributed by atoms with Crippen molar-refractivity contribution in [3.05, 3.63) is 59.9 Å². The van der Waals surface area contributed by atoms with E-state index in [1.165, 1.54) is 0 Å². The molecule has 0 radical (unpaired) electrons. The number of nitriles is 1. The van der Waals surface area contributed by atoms with Crippen LogP contribution in [-0.4, -0.2) is 28.8 Å². The Kier molecular flexibility index (Phi) is 4.00. The van der Waals surface area contributed by atoms with Gasteiger partial charge in [0.2, 0.25) is 0 Å². The summed E-state index contributed by atoms with van der Waals surface area (Å²) in [7, 11) is 1.61. The molecule has 0 aliphatic carbocycles. The molecular formula is C18H17N3O2. The van der Waals surface area contributed by atoms with E-state index in [0.717, 1.165) is 22.3 Å². The molecule has 5 heteroatoms. The number of imidazole rings is 1. The molecule has 3 aromatic rings. The summed E-state index contributed by atoms with van der Waals surface area (Å²) in [6.45, 7) is -0.310. The third-order valence-corrected chi connectivity index (χ3v) is 3.99. The monoisotopic (exact) mass is 307 g/mol. The van der Waals surface area contributed by atoms with E-state index in [9.17, 15) is 10.4 Å². The van der Waals surface area contributed by atoms with Gasteiger partial charge >= 0.3 is 0 Å². The van der Waals surface area contributed by atoms with Crippen LogP contribution in [0.25, 0.3) is 11.0 Å². The van der Waals surface area contributed by atoms with Crippen LogP contribution in [0.2, 0.25) is 0 Å². The SMILES string of the molecule is COc1ccc(C[C@@](C#N)(CO)c2nc3ccccc3[nH]2)cc1. The highest BCUT2D eigenvalue weighted by Gasteiger charge is 2.35. The number of fused-ring (bicyclic) bond motifs is 1. The van der Waals surface area contributed by atoms with Crippen molar-refractivity contribution in [2.45, 2.75) is 11.8 Å². The molecule has 2 aromatic carbocycles. The van der Waals surface area contributed by atoms with Gasteiger partial charge in [-0.1, -0.05) is 24.3 Å². The van der Waals surface area contributed by atoms with Crippen LogP contribution >= 0.6 is 0 Å². The number of aromatic amines is 1. The lowest BCUT2D eigenvalue weighted by Crippen LogP contribution is -2.33. The molecule has 1 aromatic heterocycles. The van der Waals surface area contributed by atoms with Gasteiger partial charge in [-0.3, -0.25) is 0 Å². The largest absolute Gasteiger partial charge is 0.497 e. The molecule has 3 rings (SSSR count). The number of benzene rings is 2. The highest BCUT2D eigenvalue weighted by atomic mass is 16.5. The second-order valence-electron chi connectivity index (χ2n) is 5.48. The summed E-state index contributed by atoms with van der Waals surface area (Å²) < 4.78 is 5.14. The summed E-state index contributed by atoms with van der Waals surface area (Å²) in [5, 5.41) is 19.6.